The van der Waals surface area contributed by atoms with Crippen LogP contribution in [0.1, 0.15) is 0 Å². The highest BCUT2D eigenvalue weighted by Crippen LogP contribution is 2.12. The van der Waals surface area contributed by atoms with Crippen LogP contribution in [-0.4, -0.2) is 30.8 Å². The summed E-state index contributed by atoms with van der Waals surface area (Å²) < 4.78 is 3.40. The summed E-state index contributed by atoms with van der Waals surface area (Å²) in [6.07, 6.45) is 1.92. The third-order valence-corrected chi connectivity index (χ3v) is 2.76. The molecule has 2 aromatic rings. The first-order valence-electron chi connectivity index (χ1n) is 4.00. The molecule has 7 heteroatoms. The van der Waals surface area contributed by atoms with E-state index in [0.717, 1.165) is 5.16 Å². The average molecular weight is 210 g/mol. The van der Waals surface area contributed by atoms with Crippen molar-refractivity contribution in [2.75, 3.05) is 6.26 Å². The van der Waals surface area contributed by atoms with E-state index in [9.17, 15) is 0 Å². The molecule has 0 amide bonds. The van der Waals surface area contributed by atoms with Crippen LogP contribution in [0.5, 0.6) is 0 Å². The number of nitrogens with zero attached hydrogens (tertiary/aromatic N) is 5. The minimum atomic E-state index is 0.218. The molecule has 0 aliphatic heterocycles. The fraction of sp³-hybridized carbons (Fsp3) is 0.429. The molecule has 0 spiro atoms. The van der Waals surface area contributed by atoms with Crippen LogP contribution >= 0.6 is 11.8 Å². The first kappa shape index (κ1) is 9.20. The molecule has 0 saturated carbocycles. The lowest BCUT2D eigenvalue weighted by Crippen LogP contribution is -2.16. The molecule has 0 aromatic carbocycles. The highest BCUT2D eigenvalue weighted by atomic mass is 32.2. The van der Waals surface area contributed by atoms with Gasteiger partial charge in [0, 0.05) is 14.1 Å². The van der Waals surface area contributed by atoms with E-state index in [2.05, 4.69) is 15.3 Å². The minimum Gasteiger partial charge on any atom is -0.305 e. The highest BCUT2D eigenvalue weighted by Gasteiger charge is 2.10. The maximum absolute atomic E-state index is 7.72. The smallest absolute Gasteiger partial charge is 0.188 e. The summed E-state index contributed by atoms with van der Waals surface area (Å²) in [6.45, 7) is 0. The number of aromatic nitrogens is 5. The number of fused-ring (bicyclic) bond motifs is 1. The fourth-order valence-electron chi connectivity index (χ4n) is 1.33. The molecule has 2 aromatic heterocycles. The zero-order chi connectivity index (χ0) is 10.3. The number of aryl methyl sites for hydroxylation is 2. The van der Waals surface area contributed by atoms with Gasteiger partial charge >= 0.3 is 0 Å². The van der Waals surface area contributed by atoms with Crippen molar-refractivity contribution in [1.29, 1.82) is 5.41 Å². The molecule has 0 radical (unpaired) electrons. The molecular formula is C7H10N6S. The molecule has 0 fully saturated rings. The first-order valence-corrected chi connectivity index (χ1v) is 5.22. The van der Waals surface area contributed by atoms with Crippen molar-refractivity contribution in [2.45, 2.75) is 5.16 Å². The van der Waals surface area contributed by atoms with Gasteiger partial charge in [-0.05, 0) is 6.26 Å². The maximum atomic E-state index is 7.72. The normalized spacial score (nSPS) is 11.1. The quantitative estimate of drug-likeness (QED) is 0.527. The monoisotopic (exact) mass is 210 g/mol. The molecule has 2 rings (SSSR count). The minimum absolute atomic E-state index is 0.218. The molecule has 14 heavy (non-hydrogen) atoms. The molecule has 74 valence electrons. The third kappa shape index (κ3) is 1.12. The van der Waals surface area contributed by atoms with Gasteiger partial charge in [-0.25, -0.2) is 9.67 Å². The van der Waals surface area contributed by atoms with Gasteiger partial charge in [0.15, 0.2) is 16.3 Å². The van der Waals surface area contributed by atoms with Crippen molar-refractivity contribution in [3.05, 3.63) is 5.49 Å². The Bertz CT molecular complexity index is 539. The second-order valence-corrected chi connectivity index (χ2v) is 3.66. The molecule has 0 unspecified atom stereocenters. The van der Waals surface area contributed by atoms with Gasteiger partial charge in [-0.2, -0.15) is 0 Å². The lowest BCUT2D eigenvalue weighted by atomic mass is 10.5. The van der Waals surface area contributed by atoms with Gasteiger partial charge in [-0.3, -0.25) is 5.41 Å². The van der Waals surface area contributed by atoms with Crippen LogP contribution in [0.15, 0.2) is 5.16 Å². The largest absolute Gasteiger partial charge is 0.305 e. The second kappa shape index (κ2) is 3.09. The molecule has 0 bridgehead atoms. The number of hydrogen-bond acceptors (Lipinski definition) is 5. The Morgan fingerprint density at radius 2 is 2.07 bits per heavy atom. The lowest BCUT2D eigenvalue weighted by molar-refractivity contribution is 0.731. The summed E-state index contributed by atoms with van der Waals surface area (Å²) >= 11 is 1.49. The highest BCUT2D eigenvalue weighted by molar-refractivity contribution is 7.98. The molecule has 6 nitrogen and oxygen atoms in total. The van der Waals surface area contributed by atoms with E-state index in [1.54, 1.807) is 11.7 Å². The van der Waals surface area contributed by atoms with Crippen molar-refractivity contribution in [2.24, 2.45) is 14.1 Å². The Hall–Kier alpha value is -1.37. The number of thioether (sulfide) groups is 1. The zero-order valence-corrected chi connectivity index (χ0v) is 8.96. The fourth-order valence-corrected chi connectivity index (χ4v) is 1.87. The van der Waals surface area contributed by atoms with Crippen LogP contribution in [0.4, 0.5) is 0 Å². The number of rotatable bonds is 1. The summed E-state index contributed by atoms with van der Waals surface area (Å²) in [5.74, 6) is 0. The van der Waals surface area contributed by atoms with Crippen molar-refractivity contribution in [3.63, 3.8) is 0 Å². The lowest BCUT2D eigenvalue weighted by Gasteiger charge is -2.04. The number of nitrogens with one attached hydrogen (secondary N) is 1. The van der Waals surface area contributed by atoms with Crippen molar-refractivity contribution < 1.29 is 0 Å². The Kier molecular flexibility index (Phi) is 2.03. The Morgan fingerprint density at radius 1 is 1.36 bits per heavy atom. The molecular weight excluding hydrogens is 200 g/mol. The molecule has 1 N–H and O–H groups in total. The van der Waals surface area contributed by atoms with Gasteiger partial charge in [0.1, 0.15) is 5.52 Å². The van der Waals surface area contributed by atoms with Crippen LogP contribution in [0.25, 0.3) is 11.2 Å². The van der Waals surface area contributed by atoms with Gasteiger partial charge in [0.2, 0.25) is 0 Å². The van der Waals surface area contributed by atoms with Gasteiger partial charge < -0.3 is 4.57 Å². The summed E-state index contributed by atoms with van der Waals surface area (Å²) in [7, 11) is 3.63. The predicted molar refractivity (Wildman–Crippen MR) is 52.9 cm³/mol. The third-order valence-electron chi connectivity index (χ3n) is 2.03. The van der Waals surface area contributed by atoms with Crippen LogP contribution < -0.4 is 5.49 Å². The average Bonchev–Trinajstić information content (AvgIpc) is 2.54. The number of hydrogen-bond donors (Lipinski definition) is 1. The first-order chi connectivity index (χ1) is 6.65. The summed E-state index contributed by atoms with van der Waals surface area (Å²) in [5.41, 5.74) is 1.57. The van der Waals surface area contributed by atoms with E-state index >= 15 is 0 Å². The summed E-state index contributed by atoms with van der Waals surface area (Å²) in [6, 6.07) is 0. The van der Waals surface area contributed by atoms with Crippen molar-refractivity contribution in [3.8, 4) is 0 Å². The maximum Gasteiger partial charge on any atom is 0.188 e. The second-order valence-electron chi connectivity index (χ2n) is 2.89. The van der Waals surface area contributed by atoms with E-state index < -0.39 is 0 Å². The van der Waals surface area contributed by atoms with Crippen LogP contribution in [0, 0.1) is 5.41 Å². The van der Waals surface area contributed by atoms with E-state index in [1.807, 2.05) is 17.9 Å². The van der Waals surface area contributed by atoms with Crippen LogP contribution in [-0.2, 0) is 14.1 Å². The predicted octanol–water partition coefficient (Wildman–Crippen LogP) is -0.0968. The molecule has 0 atom stereocenters. The molecule has 0 aliphatic carbocycles. The van der Waals surface area contributed by atoms with E-state index in [0.29, 0.717) is 11.2 Å². The van der Waals surface area contributed by atoms with Crippen molar-refractivity contribution in [1.82, 2.24) is 24.5 Å². The Morgan fingerprint density at radius 3 is 2.71 bits per heavy atom. The SMILES string of the molecule is CSc1nc(=N)c2c(nnn2C)n1C. The summed E-state index contributed by atoms with van der Waals surface area (Å²) in [4.78, 5) is 4.14. The van der Waals surface area contributed by atoms with Gasteiger partial charge in [-0.15, -0.1) is 5.10 Å². The van der Waals surface area contributed by atoms with Crippen LogP contribution in [0.3, 0.4) is 0 Å². The van der Waals surface area contributed by atoms with E-state index in [4.69, 9.17) is 5.41 Å². The molecule has 2 heterocycles. The molecule has 0 aliphatic rings. The standard InChI is InChI=1S/C7H10N6S/c1-12-6-4(13(2)11-10-6)5(8)9-7(12)14-3/h8H,1-3H3. The molecule has 0 saturated heterocycles. The summed E-state index contributed by atoms with van der Waals surface area (Å²) in [5, 5.41) is 16.3. The Balaban J connectivity index is 2.97. The van der Waals surface area contributed by atoms with Gasteiger partial charge in [-0.1, -0.05) is 17.0 Å². The van der Waals surface area contributed by atoms with Gasteiger partial charge in [0.25, 0.3) is 0 Å². The van der Waals surface area contributed by atoms with Gasteiger partial charge in [0.05, 0.1) is 0 Å². The topological polar surface area (TPSA) is 72.4 Å². The van der Waals surface area contributed by atoms with E-state index in [-0.39, 0.29) is 5.49 Å². The zero-order valence-electron chi connectivity index (χ0n) is 8.14. The van der Waals surface area contributed by atoms with E-state index in [1.165, 1.54) is 11.8 Å². The Labute approximate surface area is 84.5 Å². The van der Waals surface area contributed by atoms with Crippen molar-refractivity contribution >= 4 is 22.9 Å². The van der Waals surface area contributed by atoms with Crippen LogP contribution in [0.2, 0.25) is 0 Å².